The molecule has 2 aromatic rings. The fourth-order valence-corrected chi connectivity index (χ4v) is 2.96. The van der Waals surface area contributed by atoms with E-state index in [-0.39, 0.29) is 17.4 Å². The largest absolute Gasteiger partial charge is 0.487 e. The molecule has 0 radical (unpaired) electrons. The van der Waals surface area contributed by atoms with Gasteiger partial charge in [0, 0.05) is 33.1 Å². The van der Waals surface area contributed by atoms with Gasteiger partial charge in [-0.25, -0.2) is 4.79 Å². The number of rotatable bonds is 3. The number of aromatic nitrogens is 2. The minimum Gasteiger partial charge on any atom is -0.487 e. The molecular formula is C16H18ClN3O3. The predicted octanol–water partition coefficient (Wildman–Crippen LogP) is 1.40. The van der Waals surface area contributed by atoms with E-state index in [1.165, 1.54) is 17.7 Å². The highest BCUT2D eigenvalue weighted by atomic mass is 35.5. The van der Waals surface area contributed by atoms with Gasteiger partial charge in [-0.05, 0) is 12.1 Å². The van der Waals surface area contributed by atoms with Gasteiger partial charge in [0.1, 0.15) is 17.7 Å². The molecule has 1 aliphatic rings. The molecule has 1 aromatic carbocycles. The summed E-state index contributed by atoms with van der Waals surface area (Å²) in [6.45, 7) is 1.32. The van der Waals surface area contributed by atoms with Gasteiger partial charge in [0.15, 0.2) is 0 Å². The first kappa shape index (κ1) is 15.7. The van der Waals surface area contributed by atoms with Crippen LogP contribution < -0.4 is 20.9 Å². The van der Waals surface area contributed by atoms with Gasteiger partial charge in [-0.2, -0.15) is 0 Å². The fourth-order valence-electron chi connectivity index (χ4n) is 2.78. The second kappa shape index (κ2) is 6.12. The van der Waals surface area contributed by atoms with Crippen molar-refractivity contribution in [1.29, 1.82) is 0 Å². The molecule has 2 heterocycles. The van der Waals surface area contributed by atoms with E-state index in [0.29, 0.717) is 23.1 Å². The van der Waals surface area contributed by atoms with Crippen LogP contribution in [0.5, 0.6) is 5.75 Å². The topological polar surface area (TPSA) is 56.5 Å². The SMILES string of the molecule is Cn1c(N2CCC(Oc3ccccc3Cl)C2)cc(=O)n(C)c1=O. The van der Waals surface area contributed by atoms with Crippen LogP contribution in [-0.2, 0) is 14.1 Å². The van der Waals surface area contributed by atoms with Gasteiger partial charge in [0.05, 0.1) is 11.6 Å². The minimum atomic E-state index is -0.331. The molecule has 0 N–H and O–H groups in total. The molecule has 3 rings (SSSR count). The molecular weight excluding hydrogens is 318 g/mol. The zero-order valence-corrected chi connectivity index (χ0v) is 13.8. The van der Waals surface area contributed by atoms with Crippen molar-refractivity contribution in [3.63, 3.8) is 0 Å². The summed E-state index contributed by atoms with van der Waals surface area (Å²) in [5, 5.41) is 0.576. The average molecular weight is 336 g/mol. The Morgan fingerprint density at radius 3 is 2.65 bits per heavy atom. The van der Waals surface area contributed by atoms with E-state index in [0.717, 1.165) is 17.5 Å². The highest BCUT2D eigenvalue weighted by Crippen LogP contribution is 2.27. The Morgan fingerprint density at radius 2 is 1.91 bits per heavy atom. The number of hydrogen-bond acceptors (Lipinski definition) is 4. The van der Waals surface area contributed by atoms with Crippen LogP contribution >= 0.6 is 11.6 Å². The molecule has 0 amide bonds. The van der Waals surface area contributed by atoms with Crippen LogP contribution in [0.4, 0.5) is 5.82 Å². The second-order valence-corrected chi connectivity index (χ2v) is 6.05. The number of ether oxygens (including phenoxy) is 1. The molecule has 0 bridgehead atoms. The summed E-state index contributed by atoms with van der Waals surface area (Å²) in [6, 6.07) is 8.83. The summed E-state index contributed by atoms with van der Waals surface area (Å²) in [7, 11) is 3.14. The Bertz CT molecular complexity index is 843. The summed E-state index contributed by atoms with van der Waals surface area (Å²) >= 11 is 6.11. The normalized spacial score (nSPS) is 17.5. The standard InChI is InChI=1S/C16H18ClN3O3/c1-18-14(9-15(21)19(2)16(18)22)20-8-7-11(10-20)23-13-6-4-3-5-12(13)17/h3-6,9,11H,7-8,10H2,1-2H3. The molecule has 1 atom stereocenters. The fraction of sp³-hybridized carbons (Fsp3) is 0.375. The molecule has 0 aliphatic carbocycles. The quantitative estimate of drug-likeness (QED) is 0.850. The van der Waals surface area contributed by atoms with Crippen LogP contribution in [0.1, 0.15) is 6.42 Å². The third-order valence-corrected chi connectivity index (χ3v) is 4.41. The molecule has 122 valence electrons. The maximum absolute atomic E-state index is 12.0. The third kappa shape index (κ3) is 2.99. The number of para-hydroxylation sites is 1. The van der Waals surface area contributed by atoms with E-state index in [1.54, 1.807) is 13.1 Å². The lowest BCUT2D eigenvalue weighted by Gasteiger charge is -2.21. The third-order valence-electron chi connectivity index (χ3n) is 4.10. The summed E-state index contributed by atoms with van der Waals surface area (Å²) in [5.41, 5.74) is -0.637. The van der Waals surface area contributed by atoms with Crippen LogP contribution in [-0.4, -0.2) is 28.3 Å². The van der Waals surface area contributed by atoms with Crippen molar-refractivity contribution in [2.24, 2.45) is 14.1 Å². The van der Waals surface area contributed by atoms with E-state index >= 15 is 0 Å². The van der Waals surface area contributed by atoms with E-state index in [1.807, 2.05) is 23.1 Å². The second-order valence-electron chi connectivity index (χ2n) is 5.65. The molecule has 1 saturated heterocycles. The Kier molecular flexibility index (Phi) is 4.17. The molecule has 1 aromatic heterocycles. The van der Waals surface area contributed by atoms with Gasteiger partial charge in [0.2, 0.25) is 0 Å². The first-order valence-corrected chi connectivity index (χ1v) is 7.78. The molecule has 1 unspecified atom stereocenters. The van der Waals surface area contributed by atoms with Gasteiger partial charge in [0.25, 0.3) is 5.56 Å². The highest BCUT2D eigenvalue weighted by molar-refractivity contribution is 6.32. The maximum Gasteiger partial charge on any atom is 0.332 e. The summed E-state index contributed by atoms with van der Waals surface area (Å²) in [5.74, 6) is 1.27. The van der Waals surface area contributed by atoms with Crippen LogP contribution in [0.2, 0.25) is 5.02 Å². The van der Waals surface area contributed by atoms with E-state index in [4.69, 9.17) is 16.3 Å². The number of benzene rings is 1. The van der Waals surface area contributed by atoms with E-state index in [9.17, 15) is 9.59 Å². The highest BCUT2D eigenvalue weighted by Gasteiger charge is 2.26. The smallest absolute Gasteiger partial charge is 0.332 e. The zero-order valence-electron chi connectivity index (χ0n) is 13.0. The maximum atomic E-state index is 12.0. The van der Waals surface area contributed by atoms with Crippen molar-refractivity contribution in [1.82, 2.24) is 9.13 Å². The lowest BCUT2D eigenvalue weighted by Crippen LogP contribution is -2.40. The van der Waals surface area contributed by atoms with Crippen LogP contribution in [0.15, 0.2) is 39.9 Å². The van der Waals surface area contributed by atoms with Gasteiger partial charge < -0.3 is 9.64 Å². The molecule has 7 heteroatoms. The van der Waals surface area contributed by atoms with Crippen LogP contribution in [0.3, 0.4) is 0 Å². The molecule has 0 saturated carbocycles. The Morgan fingerprint density at radius 1 is 1.17 bits per heavy atom. The summed E-state index contributed by atoms with van der Waals surface area (Å²) < 4.78 is 8.52. The van der Waals surface area contributed by atoms with E-state index in [2.05, 4.69) is 0 Å². The van der Waals surface area contributed by atoms with Crippen LogP contribution in [0.25, 0.3) is 0 Å². The van der Waals surface area contributed by atoms with Crippen molar-refractivity contribution >= 4 is 17.4 Å². The van der Waals surface area contributed by atoms with Gasteiger partial charge >= 0.3 is 5.69 Å². The van der Waals surface area contributed by atoms with Crippen molar-refractivity contribution in [2.45, 2.75) is 12.5 Å². The number of anilines is 1. The van der Waals surface area contributed by atoms with Crippen molar-refractivity contribution < 1.29 is 4.74 Å². The molecule has 23 heavy (non-hydrogen) atoms. The van der Waals surface area contributed by atoms with Crippen molar-refractivity contribution in [2.75, 3.05) is 18.0 Å². The van der Waals surface area contributed by atoms with Crippen molar-refractivity contribution in [3.8, 4) is 5.75 Å². The molecule has 1 fully saturated rings. The van der Waals surface area contributed by atoms with Gasteiger partial charge in [-0.3, -0.25) is 13.9 Å². The number of nitrogens with zero attached hydrogens (tertiary/aromatic N) is 3. The van der Waals surface area contributed by atoms with E-state index < -0.39 is 0 Å². The zero-order chi connectivity index (χ0) is 16.6. The summed E-state index contributed by atoms with van der Waals surface area (Å²) in [4.78, 5) is 25.9. The monoisotopic (exact) mass is 335 g/mol. The molecule has 6 nitrogen and oxygen atoms in total. The summed E-state index contributed by atoms with van der Waals surface area (Å²) in [6.07, 6.45) is 0.767. The Balaban J connectivity index is 1.80. The molecule has 1 aliphatic heterocycles. The predicted molar refractivity (Wildman–Crippen MR) is 89.6 cm³/mol. The average Bonchev–Trinajstić information content (AvgIpc) is 2.99. The lowest BCUT2D eigenvalue weighted by atomic mass is 10.3. The van der Waals surface area contributed by atoms with Gasteiger partial charge in [-0.15, -0.1) is 0 Å². The van der Waals surface area contributed by atoms with Crippen LogP contribution in [0, 0.1) is 0 Å². The Labute approximate surface area is 138 Å². The minimum absolute atomic E-state index is 0.0333. The number of halogens is 1. The number of hydrogen-bond donors (Lipinski definition) is 0. The Hall–Kier alpha value is -2.21. The molecule has 0 spiro atoms. The first-order chi connectivity index (χ1) is 11.0. The van der Waals surface area contributed by atoms with Gasteiger partial charge in [-0.1, -0.05) is 23.7 Å². The van der Waals surface area contributed by atoms with Crippen molar-refractivity contribution in [3.05, 3.63) is 56.2 Å². The lowest BCUT2D eigenvalue weighted by molar-refractivity contribution is 0.225. The first-order valence-electron chi connectivity index (χ1n) is 7.40.